The molecule has 0 bridgehead atoms. The van der Waals surface area contributed by atoms with Crippen LogP contribution in [0.5, 0.6) is 0 Å². The standard InChI is InChI=1S/C15H25NS/c1-4-8-14(16-11-5-2)12-17-15-10-7-6-9-13(15)3/h6-7,9-10,14,16H,4-5,8,11-12H2,1-3H3. The van der Waals surface area contributed by atoms with Crippen molar-refractivity contribution >= 4 is 11.8 Å². The molecule has 0 heterocycles. The highest BCUT2D eigenvalue weighted by molar-refractivity contribution is 7.99. The van der Waals surface area contributed by atoms with Crippen molar-refractivity contribution < 1.29 is 0 Å². The monoisotopic (exact) mass is 251 g/mol. The third-order valence-electron chi connectivity index (χ3n) is 2.85. The lowest BCUT2D eigenvalue weighted by atomic mass is 10.2. The van der Waals surface area contributed by atoms with E-state index in [1.807, 2.05) is 11.8 Å². The van der Waals surface area contributed by atoms with Crippen LogP contribution in [0.25, 0.3) is 0 Å². The van der Waals surface area contributed by atoms with Crippen LogP contribution in [0.15, 0.2) is 29.2 Å². The van der Waals surface area contributed by atoms with E-state index in [-0.39, 0.29) is 0 Å². The molecule has 2 heteroatoms. The second kappa shape index (κ2) is 8.60. The number of rotatable bonds is 8. The molecule has 96 valence electrons. The van der Waals surface area contributed by atoms with Crippen LogP contribution in [0.4, 0.5) is 0 Å². The minimum Gasteiger partial charge on any atom is -0.313 e. The summed E-state index contributed by atoms with van der Waals surface area (Å²) in [5, 5.41) is 3.64. The SMILES string of the molecule is CCCNC(CCC)CSc1ccccc1C. The lowest BCUT2D eigenvalue weighted by Gasteiger charge is -2.17. The van der Waals surface area contributed by atoms with Crippen LogP contribution in [0.3, 0.4) is 0 Å². The Labute approximate surface area is 110 Å². The second-order valence-electron chi connectivity index (χ2n) is 4.52. The second-order valence-corrected chi connectivity index (χ2v) is 5.58. The smallest absolute Gasteiger partial charge is 0.0161 e. The number of hydrogen-bond donors (Lipinski definition) is 1. The van der Waals surface area contributed by atoms with Crippen LogP contribution in [0.1, 0.15) is 38.7 Å². The van der Waals surface area contributed by atoms with E-state index in [0.717, 1.165) is 6.54 Å². The van der Waals surface area contributed by atoms with Crippen molar-refractivity contribution in [3.05, 3.63) is 29.8 Å². The van der Waals surface area contributed by atoms with Crippen LogP contribution in [0, 0.1) is 6.92 Å². The van der Waals surface area contributed by atoms with Gasteiger partial charge in [-0.1, -0.05) is 38.5 Å². The summed E-state index contributed by atoms with van der Waals surface area (Å²) in [5.41, 5.74) is 1.39. The fourth-order valence-electron chi connectivity index (χ4n) is 1.85. The molecular weight excluding hydrogens is 226 g/mol. The van der Waals surface area contributed by atoms with Crippen molar-refractivity contribution in [2.75, 3.05) is 12.3 Å². The molecule has 1 aromatic rings. The number of hydrogen-bond acceptors (Lipinski definition) is 2. The van der Waals surface area contributed by atoms with Gasteiger partial charge in [0.15, 0.2) is 0 Å². The molecular formula is C15H25NS. The van der Waals surface area contributed by atoms with Gasteiger partial charge in [0.2, 0.25) is 0 Å². The average Bonchev–Trinajstić information content (AvgIpc) is 2.34. The zero-order chi connectivity index (χ0) is 12.5. The van der Waals surface area contributed by atoms with E-state index in [1.165, 1.54) is 35.5 Å². The van der Waals surface area contributed by atoms with Gasteiger partial charge in [-0.05, 0) is 37.9 Å². The first-order valence-electron chi connectivity index (χ1n) is 6.69. The van der Waals surface area contributed by atoms with Crippen LogP contribution >= 0.6 is 11.8 Å². The Bertz CT molecular complexity index is 312. The highest BCUT2D eigenvalue weighted by Crippen LogP contribution is 2.23. The Hall–Kier alpha value is -0.470. The van der Waals surface area contributed by atoms with E-state index in [2.05, 4.69) is 50.4 Å². The van der Waals surface area contributed by atoms with Crippen LogP contribution < -0.4 is 5.32 Å². The Balaban J connectivity index is 2.42. The molecule has 17 heavy (non-hydrogen) atoms. The van der Waals surface area contributed by atoms with Gasteiger partial charge in [-0.25, -0.2) is 0 Å². The predicted molar refractivity (Wildman–Crippen MR) is 78.9 cm³/mol. The lowest BCUT2D eigenvalue weighted by molar-refractivity contribution is 0.514. The fourth-order valence-corrected chi connectivity index (χ4v) is 2.99. The summed E-state index contributed by atoms with van der Waals surface area (Å²) in [6, 6.07) is 9.31. The quantitative estimate of drug-likeness (QED) is 0.693. The minimum atomic E-state index is 0.657. The summed E-state index contributed by atoms with van der Waals surface area (Å²) in [5.74, 6) is 1.18. The topological polar surface area (TPSA) is 12.0 Å². The van der Waals surface area contributed by atoms with Crippen molar-refractivity contribution in [1.29, 1.82) is 0 Å². The lowest BCUT2D eigenvalue weighted by Crippen LogP contribution is -2.31. The molecule has 1 aromatic carbocycles. The van der Waals surface area contributed by atoms with Gasteiger partial charge in [-0.15, -0.1) is 11.8 Å². The highest BCUT2D eigenvalue weighted by atomic mass is 32.2. The summed E-state index contributed by atoms with van der Waals surface area (Å²) >= 11 is 1.98. The van der Waals surface area contributed by atoms with E-state index >= 15 is 0 Å². The van der Waals surface area contributed by atoms with E-state index in [1.54, 1.807) is 0 Å². The molecule has 1 unspecified atom stereocenters. The molecule has 0 saturated carbocycles. The molecule has 0 aromatic heterocycles. The minimum absolute atomic E-state index is 0.657. The van der Waals surface area contributed by atoms with Gasteiger partial charge >= 0.3 is 0 Å². The van der Waals surface area contributed by atoms with Gasteiger partial charge < -0.3 is 5.32 Å². The average molecular weight is 251 g/mol. The number of benzene rings is 1. The van der Waals surface area contributed by atoms with Crippen molar-refractivity contribution in [1.82, 2.24) is 5.32 Å². The van der Waals surface area contributed by atoms with Crippen LogP contribution in [-0.4, -0.2) is 18.3 Å². The summed E-state index contributed by atoms with van der Waals surface area (Å²) < 4.78 is 0. The maximum absolute atomic E-state index is 3.64. The number of nitrogens with one attached hydrogen (secondary N) is 1. The van der Waals surface area contributed by atoms with Gasteiger partial charge in [0.1, 0.15) is 0 Å². The number of thioether (sulfide) groups is 1. The summed E-state index contributed by atoms with van der Waals surface area (Å²) in [6.07, 6.45) is 3.75. The van der Waals surface area contributed by atoms with Gasteiger partial charge in [-0.3, -0.25) is 0 Å². The van der Waals surface area contributed by atoms with E-state index in [0.29, 0.717) is 6.04 Å². The predicted octanol–water partition coefficient (Wildman–Crippen LogP) is 4.26. The van der Waals surface area contributed by atoms with E-state index < -0.39 is 0 Å². The van der Waals surface area contributed by atoms with Gasteiger partial charge in [0.25, 0.3) is 0 Å². The Kier molecular flexibility index (Phi) is 7.38. The number of aryl methyl sites for hydroxylation is 1. The fraction of sp³-hybridized carbons (Fsp3) is 0.600. The third kappa shape index (κ3) is 5.60. The molecule has 0 aliphatic carbocycles. The molecule has 1 nitrogen and oxygen atoms in total. The Morgan fingerprint density at radius 2 is 1.94 bits per heavy atom. The Morgan fingerprint density at radius 1 is 1.18 bits per heavy atom. The van der Waals surface area contributed by atoms with Gasteiger partial charge in [-0.2, -0.15) is 0 Å². The van der Waals surface area contributed by atoms with Crippen LogP contribution in [-0.2, 0) is 0 Å². The molecule has 1 rings (SSSR count). The third-order valence-corrected chi connectivity index (χ3v) is 4.19. The first-order chi connectivity index (χ1) is 8.27. The molecule has 1 N–H and O–H groups in total. The van der Waals surface area contributed by atoms with Crippen molar-refractivity contribution in [2.45, 2.75) is 51.0 Å². The van der Waals surface area contributed by atoms with E-state index in [9.17, 15) is 0 Å². The van der Waals surface area contributed by atoms with Gasteiger partial charge in [0.05, 0.1) is 0 Å². The molecule has 0 fully saturated rings. The van der Waals surface area contributed by atoms with Crippen molar-refractivity contribution in [3.8, 4) is 0 Å². The van der Waals surface area contributed by atoms with Gasteiger partial charge in [0, 0.05) is 16.7 Å². The summed E-state index contributed by atoms with van der Waals surface area (Å²) in [7, 11) is 0. The normalized spacial score (nSPS) is 12.6. The first kappa shape index (κ1) is 14.6. The van der Waals surface area contributed by atoms with Crippen molar-refractivity contribution in [2.24, 2.45) is 0 Å². The zero-order valence-corrected chi connectivity index (χ0v) is 12.1. The van der Waals surface area contributed by atoms with Crippen molar-refractivity contribution in [3.63, 3.8) is 0 Å². The maximum atomic E-state index is 3.64. The highest BCUT2D eigenvalue weighted by Gasteiger charge is 2.07. The molecule has 0 aliphatic heterocycles. The zero-order valence-electron chi connectivity index (χ0n) is 11.3. The van der Waals surface area contributed by atoms with Crippen LogP contribution in [0.2, 0.25) is 0 Å². The first-order valence-corrected chi connectivity index (χ1v) is 7.68. The molecule has 0 spiro atoms. The summed E-state index contributed by atoms with van der Waals surface area (Å²) in [4.78, 5) is 1.42. The Morgan fingerprint density at radius 3 is 2.59 bits per heavy atom. The molecule has 0 radical (unpaired) electrons. The largest absolute Gasteiger partial charge is 0.313 e. The molecule has 0 amide bonds. The summed E-state index contributed by atoms with van der Waals surface area (Å²) in [6.45, 7) is 7.82. The molecule has 0 saturated heterocycles. The molecule has 0 aliphatic rings. The maximum Gasteiger partial charge on any atom is 0.0161 e. The molecule has 1 atom stereocenters. The van der Waals surface area contributed by atoms with E-state index in [4.69, 9.17) is 0 Å².